The zero-order valence-electron chi connectivity index (χ0n) is 16.7. The van der Waals surface area contributed by atoms with Crippen molar-refractivity contribution in [2.75, 3.05) is 6.61 Å². The van der Waals surface area contributed by atoms with E-state index in [9.17, 15) is 9.59 Å². The van der Waals surface area contributed by atoms with Crippen LogP contribution in [0.4, 0.5) is 0 Å². The van der Waals surface area contributed by atoms with E-state index in [1.165, 1.54) is 0 Å². The maximum atomic E-state index is 12.6. The largest absolute Gasteiger partial charge is 0.486 e. The highest BCUT2D eigenvalue weighted by Crippen LogP contribution is 2.24. The predicted octanol–water partition coefficient (Wildman–Crippen LogP) is 4.55. The molecule has 0 aliphatic heterocycles. The summed E-state index contributed by atoms with van der Waals surface area (Å²) < 4.78 is 12.8. The van der Waals surface area contributed by atoms with Crippen LogP contribution in [0.25, 0.3) is 10.9 Å². The minimum Gasteiger partial charge on any atom is -0.486 e. The first-order chi connectivity index (χ1) is 13.2. The third-order valence-corrected chi connectivity index (χ3v) is 4.17. The van der Waals surface area contributed by atoms with E-state index < -0.39 is 11.6 Å². The van der Waals surface area contributed by atoms with Crippen LogP contribution in [-0.4, -0.2) is 28.5 Å². The number of nitrogens with zero attached hydrogens (tertiary/aromatic N) is 1. The third-order valence-electron chi connectivity index (χ3n) is 4.17. The second-order valence-electron chi connectivity index (χ2n) is 7.83. The van der Waals surface area contributed by atoms with E-state index in [0.29, 0.717) is 11.3 Å². The number of hydrogen-bond donors (Lipinski definition) is 0. The SMILES string of the molecule is Cc1ccc(OCC(=O)Cn2cc(C(=O)OC(C)(C)C)c3ccccc32)cc1. The Morgan fingerprint density at radius 2 is 1.68 bits per heavy atom. The molecular formula is C23H25NO4. The topological polar surface area (TPSA) is 57.5 Å². The van der Waals surface area contributed by atoms with Gasteiger partial charge in [-0.3, -0.25) is 4.79 Å². The zero-order valence-corrected chi connectivity index (χ0v) is 16.7. The maximum Gasteiger partial charge on any atom is 0.340 e. The minimum absolute atomic E-state index is 0.0304. The lowest BCUT2D eigenvalue weighted by Crippen LogP contribution is -2.23. The van der Waals surface area contributed by atoms with Crippen LogP contribution >= 0.6 is 0 Å². The molecule has 1 aromatic heterocycles. The quantitative estimate of drug-likeness (QED) is 0.590. The van der Waals surface area contributed by atoms with E-state index >= 15 is 0 Å². The molecule has 0 saturated heterocycles. The lowest BCUT2D eigenvalue weighted by molar-refractivity contribution is -0.121. The van der Waals surface area contributed by atoms with Gasteiger partial charge in [-0.25, -0.2) is 4.79 Å². The maximum absolute atomic E-state index is 12.6. The Balaban J connectivity index is 1.76. The number of esters is 1. The van der Waals surface area contributed by atoms with Crippen LogP contribution < -0.4 is 4.74 Å². The number of carbonyl (C=O) groups is 2. The summed E-state index contributed by atoms with van der Waals surface area (Å²) in [5.74, 6) is 0.175. The number of para-hydroxylation sites is 1. The summed E-state index contributed by atoms with van der Waals surface area (Å²) in [7, 11) is 0. The molecule has 3 aromatic rings. The summed E-state index contributed by atoms with van der Waals surface area (Å²) in [6, 6.07) is 15.0. The fraction of sp³-hybridized carbons (Fsp3) is 0.304. The normalized spacial score (nSPS) is 11.4. The predicted molar refractivity (Wildman–Crippen MR) is 109 cm³/mol. The molecule has 146 valence electrons. The zero-order chi connectivity index (χ0) is 20.3. The molecule has 0 aliphatic carbocycles. The van der Waals surface area contributed by atoms with Crippen LogP contribution in [0.2, 0.25) is 0 Å². The Labute approximate surface area is 164 Å². The first kappa shape index (κ1) is 19.7. The van der Waals surface area contributed by atoms with Crippen molar-refractivity contribution in [1.29, 1.82) is 0 Å². The van der Waals surface area contributed by atoms with Gasteiger partial charge in [0.1, 0.15) is 18.0 Å². The number of Topliss-reactive ketones (excluding diaryl/α,β-unsaturated/α-hetero) is 1. The molecular weight excluding hydrogens is 354 g/mol. The summed E-state index contributed by atoms with van der Waals surface area (Å²) in [5, 5.41) is 0.768. The number of ether oxygens (including phenoxy) is 2. The van der Waals surface area contributed by atoms with Crippen LogP contribution in [0.3, 0.4) is 0 Å². The Hall–Kier alpha value is -3.08. The third kappa shape index (κ3) is 4.80. The van der Waals surface area contributed by atoms with E-state index in [1.54, 1.807) is 10.8 Å². The number of benzene rings is 2. The van der Waals surface area contributed by atoms with Crippen LogP contribution in [0, 0.1) is 6.92 Å². The monoisotopic (exact) mass is 379 g/mol. The van der Waals surface area contributed by atoms with Crippen molar-refractivity contribution in [2.24, 2.45) is 0 Å². The Bertz CT molecular complexity index is 994. The molecule has 0 N–H and O–H groups in total. The molecule has 28 heavy (non-hydrogen) atoms. The summed E-state index contributed by atoms with van der Waals surface area (Å²) in [6.45, 7) is 7.57. The molecule has 0 amide bonds. The summed E-state index contributed by atoms with van der Waals surface area (Å²) in [6.07, 6.45) is 1.68. The number of fused-ring (bicyclic) bond motifs is 1. The summed E-state index contributed by atoms with van der Waals surface area (Å²) in [5.41, 5.74) is 1.81. The molecule has 5 nitrogen and oxygen atoms in total. The fourth-order valence-electron chi connectivity index (χ4n) is 2.91. The van der Waals surface area contributed by atoms with E-state index in [1.807, 2.05) is 76.2 Å². The van der Waals surface area contributed by atoms with Gasteiger partial charge in [-0.2, -0.15) is 0 Å². The molecule has 5 heteroatoms. The van der Waals surface area contributed by atoms with E-state index in [0.717, 1.165) is 16.5 Å². The minimum atomic E-state index is -0.585. The smallest absolute Gasteiger partial charge is 0.340 e. The van der Waals surface area contributed by atoms with Gasteiger partial charge in [0.25, 0.3) is 0 Å². The number of carbonyl (C=O) groups excluding carboxylic acids is 2. The molecule has 2 aromatic carbocycles. The second-order valence-corrected chi connectivity index (χ2v) is 7.83. The van der Waals surface area contributed by atoms with E-state index in [2.05, 4.69) is 0 Å². The average Bonchev–Trinajstić information content (AvgIpc) is 2.99. The number of rotatable bonds is 6. The molecule has 0 aliphatic rings. The number of aromatic nitrogens is 1. The highest BCUT2D eigenvalue weighted by atomic mass is 16.6. The summed E-state index contributed by atoms with van der Waals surface area (Å²) in [4.78, 5) is 25.0. The molecule has 0 radical (unpaired) electrons. The first-order valence-electron chi connectivity index (χ1n) is 9.25. The average molecular weight is 379 g/mol. The molecule has 0 saturated carbocycles. The first-order valence-corrected chi connectivity index (χ1v) is 9.25. The Morgan fingerprint density at radius 1 is 1.00 bits per heavy atom. The molecule has 0 atom stereocenters. The molecule has 0 bridgehead atoms. The number of hydrogen-bond acceptors (Lipinski definition) is 4. The van der Waals surface area contributed by atoms with Crippen molar-refractivity contribution >= 4 is 22.7 Å². The van der Waals surface area contributed by atoms with Crippen molar-refractivity contribution < 1.29 is 19.1 Å². The van der Waals surface area contributed by atoms with Gasteiger partial charge in [0.15, 0.2) is 5.78 Å². The molecule has 0 fully saturated rings. The standard InChI is InChI=1S/C23H25NO4/c1-16-9-11-18(12-10-16)27-15-17(25)13-24-14-20(22(26)28-23(2,3)4)19-7-5-6-8-21(19)24/h5-12,14H,13,15H2,1-4H3. The van der Waals surface area contributed by atoms with Crippen LogP contribution in [0.1, 0.15) is 36.7 Å². The van der Waals surface area contributed by atoms with Gasteiger partial charge in [-0.05, 0) is 45.9 Å². The van der Waals surface area contributed by atoms with Crippen molar-refractivity contribution in [3.8, 4) is 5.75 Å². The van der Waals surface area contributed by atoms with Crippen molar-refractivity contribution in [3.63, 3.8) is 0 Å². The molecule has 0 spiro atoms. The van der Waals surface area contributed by atoms with Gasteiger partial charge in [0.05, 0.1) is 12.1 Å². The van der Waals surface area contributed by atoms with Crippen LogP contribution in [0.15, 0.2) is 54.7 Å². The van der Waals surface area contributed by atoms with Gasteiger partial charge in [0, 0.05) is 17.1 Å². The van der Waals surface area contributed by atoms with Crippen molar-refractivity contribution in [3.05, 3.63) is 65.9 Å². The van der Waals surface area contributed by atoms with Gasteiger partial charge in [-0.15, -0.1) is 0 Å². The summed E-state index contributed by atoms with van der Waals surface area (Å²) >= 11 is 0. The number of aryl methyl sites for hydroxylation is 1. The van der Waals surface area contributed by atoms with Crippen molar-refractivity contribution in [2.45, 2.75) is 39.8 Å². The molecule has 0 unspecified atom stereocenters. The lowest BCUT2D eigenvalue weighted by atomic mass is 10.1. The number of ketones is 1. The molecule has 1 heterocycles. The lowest BCUT2D eigenvalue weighted by Gasteiger charge is -2.19. The van der Waals surface area contributed by atoms with Crippen molar-refractivity contribution in [1.82, 2.24) is 4.57 Å². The highest BCUT2D eigenvalue weighted by Gasteiger charge is 2.22. The Morgan fingerprint density at radius 3 is 2.36 bits per heavy atom. The van der Waals surface area contributed by atoms with Gasteiger partial charge in [0.2, 0.25) is 0 Å². The van der Waals surface area contributed by atoms with E-state index in [-0.39, 0.29) is 18.9 Å². The van der Waals surface area contributed by atoms with E-state index in [4.69, 9.17) is 9.47 Å². The Kier molecular flexibility index (Phi) is 5.54. The second kappa shape index (κ2) is 7.89. The molecule has 3 rings (SSSR count). The van der Waals surface area contributed by atoms with Gasteiger partial charge < -0.3 is 14.0 Å². The highest BCUT2D eigenvalue weighted by molar-refractivity contribution is 6.04. The van der Waals surface area contributed by atoms with Crippen LogP contribution in [-0.2, 0) is 16.1 Å². The van der Waals surface area contributed by atoms with Gasteiger partial charge >= 0.3 is 5.97 Å². The van der Waals surface area contributed by atoms with Crippen LogP contribution in [0.5, 0.6) is 5.75 Å². The fourth-order valence-corrected chi connectivity index (χ4v) is 2.91. The van der Waals surface area contributed by atoms with Gasteiger partial charge in [-0.1, -0.05) is 35.9 Å².